The number of fused-ring (bicyclic) bond motifs is 3. The van der Waals surface area contributed by atoms with Crippen molar-refractivity contribution in [2.45, 2.75) is 12.8 Å². The number of benzene rings is 1. The minimum atomic E-state index is -0.450. The average molecular weight is 266 g/mol. The van der Waals surface area contributed by atoms with Gasteiger partial charge in [-0.1, -0.05) is 17.7 Å². The second-order valence-electron chi connectivity index (χ2n) is 4.83. The molecule has 0 aromatic heterocycles. The number of ketones is 1. The highest BCUT2D eigenvalue weighted by atomic mass is 35.5. The number of halogens is 2. The lowest BCUT2D eigenvalue weighted by molar-refractivity contribution is -0.125. The van der Waals surface area contributed by atoms with Gasteiger partial charge in [0.2, 0.25) is 0 Å². The average Bonchev–Trinajstić information content (AvgIpc) is 2.38. The van der Waals surface area contributed by atoms with Crippen LogP contribution in [0.25, 0.3) is 6.08 Å². The molecule has 4 rings (SSSR count). The monoisotopic (exact) mass is 265 g/mol. The molecule has 3 saturated heterocycles. The van der Waals surface area contributed by atoms with Crippen molar-refractivity contribution < 1.29 is 9.18 Å². The lowest BCUT2D eigenvalue weighted by Gasteiger charge is -2.41. The summed E-state index contributed by atoms with van der Waals surface area (Å²) in [4.78, 5) is 14.2. The van der Waals surface area contributed by atoms with Gasteiger partial charge in [-0.05, 0) is 36.6 Å². The highest BCUT2D eigenvalue weighted by Gasteiger charge is 2.36. The van der Waals surface area contributed by atoms with E-state index in [4.69, 9.17) is 11.6 Å². The summed E-state index contributed by atoms with van der Waals surface area (Å²) in [6.45, 7) is 1.86. The van der Waals surface area contributed by atoms with Crippen LogP contribution in [0.15, 0.2) is 23.9 Å². The van der Waals surface area contributed by atoms with E-state index in [1.807, 2.05) is 0 Å². The van der Waals surface area contributed by atoms with Crippen molar-refractivity contribution in [2.24, 2.45) is 5.92 Å². The third kappa shape index (κ3) is 1.93. The predicted molar refractivity (Wildman–Crippen MR) is 68.7 cm³/mol. The Bertz CT molecular complexity index is 533. The molecule has 3 aliphatic heterocycles. The maximum atomic E-state index is 13.4. The number of piperidine rings is 3. The van der Waals surface area contributed by atoms with E-state index in [9.17, 15) is 9.18 Å². The first-order valence-corrected chi connectivity index (χ1v) is 6.49. The van der Waals surface area contributed by atoms with Gasteiger partial charge in [0.25, 0.3) is 0 Å². The van der Waals surface area contributed by atoms with Gasteiger partial charge in [0.05, 0.1) is 10.7 Å². The summed E-state index contributed by atoms with van der Waals surface area (Å²) in [6, 6.07) is 4.62. The van der Waals surface area contributed by atoms with Gasteiger partial charge in [-0.25, -0.2) is 4.39 Å². The summed E-state index contributed by atoms with van der Waals surface area (Å²) in [5.41, 5.74) is 1.41. The van der Waals surface area contributed by atoms with Crippen LogP contribution in [0.2, 0.25) is 5.02 Å². The fraction of sp³-hybridized carbons (Fsp3) is 0.357. The minimum Gasteiger partial charge on any atom is -0.369 e. The normalized spacial score (nSPS) is 22.0. The number of rotatable bonds is 1. The molecule has 0 saturated carbocycles. The Balaban J connectivity index is 1.95. The first kappa shape index (κ1) is 11.7. The Labute approximate surface area is 110 Å². The van der Waals surface area contributed by atoms with Gasteiger partial charge in [-0.15, -0.1) is 0 Å². The van der Waals surface area contributed by atoms with Gasteiger partial charge in [0.1, 0.15) is 5.82 Å². The number of carbonyl (C=O) groups is 1. The summed E-state index contributed by atoms with van der Waals surface area (Å²) < 4.78 is 13.4. The molecule has 1 aromatic rings. The van der Waals surface area contributed by atoms with Crippen LogP contribution in [0.1, 0.15) is 18.4 Å². The Kier molecular flexibility index (Phi) is 2.86. The molecule has 2 nitrogen and oxygen atoms in total. The van der Waals surface area contributed by atoms with Gasteiger partial charge < -0.3 is 4.90 Å². The van der Waals surface area contributed by atoms with Gasteiger partial charge in [0, 0.05) is 19.0 Å². The molecule has 18 heavy (non-hydrogen) atoms. The Morgan fingerprint density at radius 3 is 2.67 bits per heavy atom. The SMILES string of the molecule is O=C1/C(=C/c2ccc(Cl)c(F)c2)N2CCC1CC2. The van der Waals surface area contributed by atoms with Crippen LogP contribution >= 0.6 is 11.6 Å². The molecule has 0 N–H and O–H groups in total. The lowest BCUT2D eigenvalue weighted by Crippen LogP contribution is -2.45. The maximum absolute atomic E-state index is 13.4. The summed E-state index contributed by atoms with van der Waals surface area (Å²) in [6.07, 6.45) is 3.67. The topological polar surface area (TPSA) is 20.3 Å². The second kappa shape index (κ2) is 4.39. The van der Waals surface area contributed by atoms with Crippen LogP contribution in [0, 0.1) is 11.7 Å². The van der Waals surface area contributed by atoms with Gasteiger partial charge in [-0.2, -0.15) is 0 Å². The first-order chi connectivity index (χ1) is 8.65. The number of hydrogen-bond acceptors (Lipinski definition) is 2. The molecular weight excluding hydrogens is 253 g/mol. The van der Waals surface area contributed by atoms with Crippen molar-refractivity contribution in [3.63, 3.8) is 0 Å². The summed E-state index contributed by atoms with van der Waals surface area (Å²) in [5, 5.41) is 0.106. The number of Topliss-reactive ketones (excluding diaryl/α,β-unsaturated/α-hetero) is 1. The van der Waals surface area contributed by atoms with Crippen molar-refractivity contribution in [2.75, 3.05) is 13.1 Å². The molecule has 4 heteroatoms. The molecule has 0 amide bonds. The zero-order chi connectivity index (χ0) is 12.7. The molecule has 3 fully saturated rings. The lowest BCUT2D eigenvalue weighted by atomic mass is 9.84. The number of carbonyl (C=O) groups excluding carboxylic acids is 1. The van der Waals surface area contributed by atoms with Crippen LogP contribution in [-0.4, -0.2) is 23.8 Å². The molecular formula is C14H13ClFNO. The number of nitrogens with zero attached hydrogens (tertiary/aromatic N) is 1. The van der Waals surface area contributed by atoms with Crippen LogP contribution in [-0.2, 0) is 4.79 Å². The van der Waals surface area contributed by atoms with E-state index in [-0.39, 0.29) is 16.7 Å². The van der Waals surface area contributed by atoms with Crippen LogP contribution in [0.4, 0.5) is 4.39 Å². The van der Waals surface area contributed by atoms with Crippen molar-refractivity contribution >= 4 is 23.5 Å². The molecule has 3 heterocycles. The largest absolute Gasteiger partial charge is 0.369 e. The third-order valence-corrected chi connectivity index (χ3v) is 4.01. The number of hydrogen-bond donors (Lipinski definition) is 0. The van der Waals surface area contributed by atoms with Crippen molar-refractivity contribution in [3.8, 4) is 0 Å². The predicted octanol–water partition coefficient (Wildman–Crippen LogP) is 3.11. The molecule has 3 aliphatic rings. The Hall–Kier alpha value is -1.35. The van der Waals surface area contributed by atoms with Crippen LogP contribution in [0.3, 0.4) is 0 Å². The minimum absolute atomic E-state index is 0.106. The van der Waals surface area contributed by atoms with Gasteiger partial charge >= 0.3 is 0 Å². The van der Waals surface area contributed by atoms with E-state index in [0.717, 1.165) is 31.6 Å². The first-order valence-electron chi connectivity index (χ1n) is 6.11. The standard InChI is InChI=1S/C14H13ClFNO/c15-11-2-1-9(7-12(11)16)8-13-14(18)10-3-5-17(13)6-4-10/h1-2,7-8,10H,3-6H2/b13-8-. The Morgan fingerprint density at radius 1 is 1.33 bits per heavy atom. The van der Waals surface area contributed by atoms with Crippen LogP contribution in [0.5, 0.6) is 0 Å². The molecule has 0 radical (unpaired) electrons. The van der Waals surface area contributed by atoms with E-state index < -0.39 is 5.82 Å². The molecule has 2 bridgehead atoms. The van der Waals surface area contributed by atoms with E-state index >= 15 is 0 Å². The van der Waals surface area contributed by atoms with E-state index in [0.29, 0.717) is 5.56 Å². The van der Waals surface area contributed by atoms with Crippen molar-refractivity contribution in [1.82, 2.24) is 4.90 Å². The number of allylic oxidation sites excluding steroid dienone is 1. The van der Waals surface area contributed by atoms with E-state index in [2.05, 4.69) is 4.90 Å². The molecule has 1 aromatic carbocycles. The summed E-state index contributed by atoms with van der Waals surface area (Å²) in [7, 11) is 0. The van der Waals surface area contributed by atoms with E-state index in [1.54, 1.807) is 12.1 Å². The highest BCUT2D eigenvalue weighted by molar-refractivity contribution is 6.30. The van der Waals surface area contributed by atoms with E-state index in [1.165, 1.54) is 12.1 Å². The quantitative estimate of drug-likeness (QED) is 0.727. The molecule has 0 atom stereocenters. The zero-order valence-electron chi connectivity index (χ0n) is 9.83. The van der Waals surface area contributed by atoms with Gasteiger partial charge in [-0.3, -0.25) is 4.79 Å². The van der Waals surface area contributed by atoms with Crippen molar-refractivity contribution in [3.05, 3.63) is 40.3 Å². The smallest absolute Gasteiger partial charge is 0.182 e. The fourth-order valence-corrected chi connectivity index (χ4v) is 2.79. The molecule has 94 valence electrons. The van der Waals surface area contributed by atoms with Crippen molar-refractivity contribution in [1.29, 1.82) is 0 Å². The molecule has 0 aliphatic carbocycles. The van der Waals surface area contributed by atoms with Crippen LogP contribution < -0.4 is 0 Å². The zero-order valence-corrected chi connectivity index (χ0v) is 10.6. The second-order valence-corrected chi connectivity index (χ2v) is 5.24. The molecule has 0 spiro atoms. The maximum Gasteiger partial charge on any atom is 0.182 e. The fourth-order valence-electron chi connectivity index (χ4n) is 2.67. The van der Waals surface area contributed by atoms with Gasteiger partial charge in [0.15, 0.2) is 5.78 Å². The third-order valence-electron chi connectivity index (χ3n) is 3.71. The summed E-state index contributed by atoms with van der Waals surface area (Å²) in [5.74, 6) is -0.0873. The molecule has 0 unspecified atom stereocenters. The highest BCUT2D eigenvalue weighted by Crippen LogP contribution is 2.32. The Morgan fingerprint density at radius 2 is 2.06 bits per heavy atom. The summed E-state index contributed by atoms with van der Waals surface area (Å²) >= 11 is 5.64.